The molecule has 2 heterocycles. The Morgan fingerprint density at radius 3 is 2.33 bits per heavy atom. The fraction of sp³-hybridized carbons (Fsp3) is 0.280. The van der Waals surface area contributed by atoms with Crippen molar-refractivity contribution in [1.82, 2.24) is 0 Å². The van der Waals surface area contributed by atoms with Crippen LogP contribution < -0.4 is 9.80 Å². The standard InChI is InChI=1S/C25H26N2O3/c1-16-14-24(27(19(4)28)20-10-6-5-7-11-20)21-12-8-9-13-23(21)26(16)25(29)22-15-17(2)30-18(22)3/h5-13,15-16,24H,14H2,1-4H3/t16-,24+/m0/s1. The van der Waals surface area contributed by atoms with E-state index >= 15 is 0 Å². The molecule has 2 atom stereocenters. The van der Waals surface area contributed by atoms with Gasteiger partial charge in [0.15, 0.2) is 0 Å². The summed E-state index contributed by atoms with van der Waals surface area (Å²) in [6.07, 6.45) is 0.646. The van der Waals surface area contributed by atoms with E-state index in [1.807, 2.05) is 85.2 Å². The molecule has 1 aliphatic heterocycles. The van der Waals surface area contributed by atoms with Gasteiger partial charge in [-0.15, -0.1) is 0 Å². The number of hydrogen-bond acceptors (Lipinski definition) is 3. The Kier molecular flexibility index (Phi) is 5.20. The maximum Gasteiger partial charge on any atom is 0.262 e. The zero-order valence-electron chi connectivity index (χ0n) is 17.8. The summed E-state index contributed by atoms with van der Waals surface area (Å²) in [6.45, 7) is 7.29. The van der Waals surface area contributed by atoms with Crippen LogP contribution in [0.25, 0.3) is 0 Å². The van der Waals surface area contributed by atoms with E-state index in [4.69, 9.17) is 4.42 Å². The van der Waals surface area contributed by atoms with Crippen molar-refractivity contribution in [2.45, 2.75) is 46.2 Å². The number of carbonyl (C=O) groups is 2. The smallest absolute Gasteiger partial charge is 0.262 e. The zero-order valence-corrected chi connectivity index (χ0v) is 17.8. The van der Waals surface area contributed by atoms with Crippen molar-refractivity contribution in [3.8, 4) is 0 Å². The van der Waals surface area contributed by atoms with Gasteiger partial charge in [0.25, 0.3) is 5.91 Å². The summed E-state index contributed by atoms with van der Waals surface area (Å²) >= 11 is 0. The number of anilines is 2. The second-order valence-corrected chi connectivity index (χ2v) is 7.89. The molecule has 0 unspecified atom stereocenters. The van der Waals surface area contributed by atoms with Gasteiger partial charge < -0.3 is 14.2 Å². The molecule has 154 valence electrons. The number of rotatable bonds is 3. The third kappa shape index (κ3) is 3.41. The molecular formula is C25H26N2O3. The third-order valence-corrected chi connectivity index (χ3v) is 5.74. The highest BCUT2D eigenvalue weighted by molar-refractivity contribution is 6.08. The number of amides is 2. The van der Waals surface area contributed by atoms with Crippen LogP contribution in [-0.4, -0.2) is 17.9 Å². The lowest BCUT2D eigenvalue weighted by molar-refractivity contribution is -0.117. The molecule has 1 aliphatic rings. The van der Waals surface area contributed by atoms with Crippen LogP contribution in [0.3, 0.4) is 0 Å². The van der Waals surface area contributed by atoms with Crippen molar-refractivity contribution in [2.75, 3.05) is 9.80 Å². The first-order chi connectivity index (χ1) is 14.4. The minimum Gasteiger partial charge on any atom is -0.466 e. The molecule has 5 nitrogen and oxygen atoms in total. The highest BCUT2D eigenvalue weighted by Gasteiger charge is 2.38. The summed E-state index contributed by atoms with van der Waals surface area (Å²) in [5, 5.41) is 0. The van der Waals surface area contributed by atoms with E-state index in [9.17, 15) is 9.59 Å². The van der Waals surface area contributed by atoms with E-state index < -0.39 is 0 Å². The number of nitrogens with zero attached hydrogens (tertiary/aromatic N) is 2. The van der Waals surface area contributed by atoms with Crippen LogP contribution in [0.15, 0.2) is 65.1 Å². The van der Waals surface area contributed by atoms with Crippen LogP contribution in [0, 0.1) is 13.8 Å². The number of carbonyl (C=O) groups excluding carboxylic acids is 2. The van der Waals surface area contributed by atoms with Crippen LogP contribution in [0.5, 0.6) is 0 Å². The molecule has 0 saturated heterocycles. The topological polar surface area (TPSA) is 53.8 Å². The first-order valence-corrected chi connectivity index (χ1v) is 10.2. The molecule has 0 radical (unpaired) electrons. The van der Waals surface area contributed by atoms with E-state index in [2.05, 4.69) is 0 Å². The van der Waals surface area contributed by atoms with Gasteiger partial charge >= 0.3 is 0 Å². The van der Waals surface area contributed by atoms with E-state index in [1.165, 1.54) is 0 Å². The van der Waals surface area contributed by atoms with Gasteiger partial charge in [0, 0.05) is 24.3 Å². The van der Waals surface area contributed by atoms with Crippen LogP contribution in [-0.2, 0) is 4.79 Å². The fourth-order valence-electron chi connectivity index (χ4n) is 4.48. The lowest BCUT2D eigenvalue weighted by atomic mass is 9.89. The largest absolute Gasteiger partial charge is 0.466 e. The molecule has 0 fully saturated rings. The maximum atomic E-state index is 13.5. The minimum atomic E-state index is -0.146. The highest BCUT2D eigenvalue weighted by atomic mass is 16.3. The van der Waals surface area contributed by atoms with Crippen molar-refractivity contribution in [1.29, 1.82) is 0 Å². The molecule has 0 spiro atoms. The van der Waals surface area contributed by atoms with Crippen LogP contribution in [0.4, 0.5) is 11.4 Å². The Balaban J connectivity index is 1.80. The summed E-state index contributed by atoms with van der Waals surface area (Å²) in [6, 6.07) is 19.1. The van der Waals surface area contributed by atoms with E-state index in [-0.39, 0.29) is 23.9 Å². The van der Waals surface area contributed by atoms with E-state index in [0.717, 1.165) is 22.7 Å². The Morgan fingerprint density at radius 1 is 1.03 bits per heavy atom. The van der Waals surface area contributed by atoms with Gasteiger partial charge in [0.1, 0.15) is 11.5 Å². The van der Waals surface area contributed by atoms with Gasteiger partial charge in [-0.2, -0.15) is 0 Å². The first-order valence-electron chi connectivity index (χ1n) is 10.2. The molecule has 2 aromatic carbocycles. The van der Waals surface area contributed by atoms with Crippen molar-refractivity contribution in [2.24, 2.45) is 0 Å². The molecule has 2 amide bonds. The van der Waals surface area contributed by atoms with E-state index in [1.54, 1.807) is 13.0 Å². The summed E-state index contributed by atoms with van der Waals surface area (Å²) in [4.78, 5) is 29.8. The summed E-state index contributed by atoms with van der Waals surface area (Å²) < 4.78 is 5.60. The average molecular weight is 402 g/mol. The number of benzene rings is 2. The van der Waals surface area contributed by atoms with Gasteiger partial charge in [-0.25, -0.2) is 0 Å². The molecule has 0 aliphatic carbocycles. The number of para-hydroxylation sites is 2. The summed E-state index contributed by atoms with van der Waals surface area (Å²) in [5.41, 5.74) is 3.25. The number of hydrogen-bond donors (Lipinski definition) is 0. The van der Waals surface area contributed by atoms with Crippen LogP contribution in [0.1, 0.15) is 53.8 Å². The predicted octanol–water partition coefficient (Wildman–Crippen LogP) is 5.43. The second-order valence-electron chi connectivity index (χ2n) is 7.89. The molecule has 30 heavy (non-hydrogen) atoms. The zero-order chi connectivity index (χ0) is 21.4. The SMILES string of the molecule is CC(=O)N(c1ccccc1)[C@@H]1C[C@H](C)N(C(=O)c2cc(C)oc2C)c2ccccc21. The quantitative estimate of drug-likeness (QED) is 0.587. The van der Waals surface area contributed by atoms with Gasteiger partial charge in [0.05, 0.1) is 11.6 Å². The average Bonchev–Trinajstić information content (AvgIpc) is 3.06. The Hall–Kier alpha value is -3.34. The van der Waals surface area contributed by atoms with Crippen molar-refractivity contribution in [3.63, 3.8) is 0 Å². The number of furan rings is 1. The first kappa shape index (κ1) is 20.0. The van der Waals surface area contributed by atoms with E-state index in [0.29, 0.717) is 17.7 Å². The number of aryl methyl sites for hydroxylation is 2. The molecule has 1 aromatic heterocycles. The second kappa shape index (κ2) is 7.82. The molecule has 5 heteroatoms. The maximum absolute atomic E-state index is 13.5. The molecule has 0 N–H and O–H groups in total. The van der Waals surface area contributed by atoms with Gasteiger partial charge in [-0.05, 0) is 57.0 Å². The van der Waals surface area contributed by atoms with Gasteiger partial charge in [-0.3, -0.25) is 9.59 Å². The fourth-order valence-corrected chi connectivity index (χ4v) is 4.48. The van der Waals surface area contributed by atoms with Crippen LogP contribution >= 0.6 is 0 Å². The van der Waals surface area contributed by atoms with Crippen LogP contribution in [0.2, 0.25) is 0 Å². The monoisotopic (exact) mass is 402 g/mol. The summed E-state index contributed by atoms with van der Waals surface area (Å²) in [7, 11) is 0. The molecule has 0 bridgehead atoms. The van der Waals surface area contributed by atoms with Gasteiger partial charge in [0.2, 0.25) is 5.91 Å². The normalized spacial score (nSPS) is 18.1. The molecule has 4 rings (SSSR count). The Labute approximate surface area is 176 Å². The lowest BCUT2D eigenvalue weighted by Gasteiger charge is -2.43. The molecule has 3 aromatic rings. The Bertz CT molecular complexity index is 1090. The predicted molar refractivity (Wildman–Crippen MR) is 118 cm³/mol. The highest BCUT2D eigenvalue weighted by Crippen LogP contribution is 2.42. The molecule has 0 saturated carbocycles. The lowest BCUT2D eigenvalue weighted by Crippen LogP contribution is -2.47. The Morgan fingerprint density at radius 2 is 1.70 bits per heavy atom. The summed E-state index contributed by atoms with van der Waals surface area (Å²) in [5.74, 6) is 1.25. The molecular weight excluding hydrogens is 376 g/mol. The van der Waals surface area contributed by atoms with Crippen molar-refractivity contribution in [3.05, 3.63) is 83.3 Å². The van der Waals surface area contributed by atoms with Crippen molar-refractivity contribution >= 4 is 23.2 Å². The van der Waals surface area contributed by atoms with Gasteiger partial charge in [-0.1, -0.05) is 36.4 Å². The third-order valence-electron chi connectivity index (χ3n) is 5.74. The minimum absolute atomic E-state index is 0.0192. The van der Waals surface area contributed by atoms with Crippen molar-refractivity contribution < 1.29 is 14.0 Å². The number of fused-ring (bicyclic) bond motifs is 1.